The predicted octanol–water partition coefficient (Wildman–Crippen LogP) is -4.84. The Hall–Kier alpha value is 0.329. The molecule has 13 heavy (non-hydrogen) atoms. The van der Waals surface area contributed by atoms with Crippen LogP contribution in [0.3, 0.4) is 0 Å². The number of carboxylic acid groups (broad SMARTS) is 2. The fourth-order valence-corrected chi connectivity index (χ4v) is 0. The van der Waals surface area contributed by atoms with Gasteiger partial charge < -0.3 is 14.8 Å². The third-order valence-corrected chi connectivity index (χ3v) is 0.183. The molecular formula is C2H3FeNaO8S. The molecule has 11 heteroatoms. The van der Waals surface area contributed by atoms with Gasteiger partial charge in [-0.05, 0) is 0 Å². The number of rotatable bonds is 0. The molecule has 0 heterocycles. The molecule has 0 aromatic carbocycles. The molecule has 0 atom stereocenters. The normalized spacial score (nSPS) is 7.85. The van der Waals surface area contributed by atoms with Gasteiger partial charge in [0.05, 0.1) is 0 Å². The summed E-state index contributed by atoms with van der Waals surface area (Å²) in [6, 6.07) is 0. The topological polar surface area (TPSA) is 152 Å². The number of carboxylic acids is 2. The molecule has 0 amide bonds. The smallest absolute Gasteiger partial charge is 0.726 e. The first-order valence-corrected chi connectivity index (χ1v) is 3.15. The van der Waals surface area contributed by atoms with Gasteiger partial charge in [-0.15, -0.1) is 0 Å². The fourth-order valence-electron chi connectivity index (χ4n) is 0. The second-order valence-corrected chi connectivity index (χ2v) is 1.89. The zero-order valence-electron chi connectivity index (χ0n) is 6.14. The summed E-state index contributed by atoms with van der Waals surface area (Å²) < 4.78 is 32.8. The van der Waals surface area contributed by atoms with Gasteiger partial charge in [0.15, 0.2) is 0 Å². The largest absolute Gasteiger partial charge is 1.00 e. The Labute approximate surface area is 106 Å². The van der Waals surface area contributed by atoms with Crippen LogP contribution in [-0.4, -0.2) is 39.7 Å². The maximum atomic E-state index is 9.10. The van der Waals surface area contributed by atoms with E-state index in [2.05, 4.69) is 0 Å². The number of carbonyl (C=O) groups is 2. The van der Waals surface area contributed by atoms with E-state index in [9.17, 15) is 0 Å². The molecule has 0 aliphatic rings. The summed E-state index contributed by atoms with van der Waals surface area (Å²) in [5.74, 6) is -3.65. The van der Waals surface area contributed by atoms with Gasteiger partial charge in [0.25, 0.3) is 0 Å². The van der Waals surface area contributed by atoms with Crippen LogP contribution in [0, 0.1) is 0 Å². The summed E-state index contributed by atoms with van der Waals surface area (Å²) >= 11 is 0. The zero-order chi connectivity index (χ0) is 9.65. The van der Waals surface area contributed by atoms with Crippen molar-refractivity contribution in [1.82, 2.24) is 0 Å². The fraction of sp³-hybridized carbons (Fsp3) is 0. The molecule has 0 aromatic heterocycles. The first kappa shape index (κ1) is 23.3. The van der Waals surface area contributed by atoms with Crippen LogP contribution in [0.1, 0.15) is 0 Å². The quantitative estimate of drug-likeness (QED) is 0.171. The monoisotopic (exact) mass is 266 g/mol. The summed E-state index contributed by atoms with van der Waals surface area (Å²) in [5.41, 5.74) is 0. The Morgan fingerprint density at radius 1 is 1.08 bits per heavy atom. The molecule has 0 aliphatic carbocycles. The van der Waals surface area contributed by atoms with Gasteiger partial charge >= 0.3 is 41.5 Å². The summed E-state index contributed by atoms with van der Waals surface area (Å²) in [6.07, 6.45) is 0. The molecule has 0 saturated carbocycles. The third-order valence-electron chi connectivity index (χ3n) is 0.183. The average Bonchev–Trinajstić information content (AvgIpc) is 1.59. The summed E-state index contributed by atoms with van der Waals surface area (Å²) in [4.78, 5) is 18.2. The Balaban J connectivity index is -0.0000000546. The molecule has 74 valence electrons. The van der Waals surface area contributed by atoms with Gasteiger partial charge in [-0.3, -0.25) is 4.55 Å². The average molecular weight is 266 g/mol. The van der Waals surface area contributed by atoms with E-state index in [1.165, 1.54) is 0 Å². The summed E-state index contributed by atoms with van der Waals surface area (Å²) in [5, 5.41) is 14.8. The van der Waals surface area contributed by atoms with Crippen molar-refractivity contribution in [3.63, 3.8) is 0 Å². The van der Waals surface area contributed by atoms with Crippen LogP contribution in [0.5, 0.6) is 0 Å². The molecule has 0 spiro atoms. The zero-order valence-corrected chi connectivity index (χ0v) is 10.1. The Kier molecular flexibility index (Phi) is 18.6. The van der Waals surface area contributed by atoms with Crippen molar-refractivity contribution in [3.05, 3.63) is 0 Å². The molecule has 0 aliphatic heterocycles. The van der Waals surface area contributed by atoms with Crippen LogP contribution < -0.4 is 29.6 Å². The van der Waals surface area contributed by atoms with E-state index >= 15 is 0 Å². The van der Waals surface area contributed by atoms with Gasteiger partial charge in [-0.1, -0.05) is 0 Å². The SMILES string of the molecule is O=C(O)C(=O)O.O=S(=O)([O-])O.[Fe].[Na+]. The van der Waals surface area contributed by atoms with Gasteiger partial charge in [-0.2, -0.15) is 0 Å². The summed E-state index contributed by atoms with van der Waals surface area (Å²) in [6.45, 7) is 0. The maximum Gasteiger partial charge on any atom is 1.00 e. The van der Waals surface area contributed by atoms with E-state index in [1.807, 2.05) is 0 Å². The second-order valence-electron chi connectivity index (χ2n) is 1.04. The van der Waals surface area contributed by atoms with E-state index < -0.39 is 22.3 Å². The minimum Gasteiger partial charge on any atom is -0.726 e. The minimum absolute atomic E-state index is 0. The first-order chi connectivity index (χ1) is 4.64. The van der Waals surface area contributed by atoms with Gasteiger partial charge in [0, 0.05) is 17.1 Å². The van der Waals surface area contributed by atoms with Crippen molar-refractivity contribution < 1.29 is 84.0 Å². The van der Waals surface area contributed by atoms with Gasteiger partial charge in [0.1, 0.15) is 0 Å². The molecular weight excluding hydrogens is 263 g/mol. The maximum absolute atomic E-state index is 9.10. The Morgan fingerprint density at radius 3 is 1.15 bits per heavy atom. The van der Waals surface area contributed by atoms with Crippen molar-refractivity contribution in [3.8, 4) is 0 Å². The van der Waals surface area contributed by atoms with Crippen LogP contribution in [0.15, 0.2) is 0 Å². The molecule has 0 unspecified atom stereocenters. The molecule has 3 N–H and O–H groups in total. The standard InChI is InChI=1S/C2H2O4.Fe.Na.H2O4S/c3-1(4)2(5)6;;;1-5(2,3)4/h(H,3,4)(H,5,6);;;(H2,1,2,3,4)/q;;+1;/p-1. The van der Waals surface area contributed by atoms with Crippen LogP contribution in [-0.2, 0) is 37.1 Å². The van der Waals surface area contributed by atoms with Gasteiger partial charge in [-0.25, -0.2) is 18.0 Å². The van der Waals surface area contributed by atoms with Gasteiger partial charge in [0.2, 0.25) is 10.4 Å². The Bertz CT molecular complexity index is 225. The molecule has 0 aromatic rings. The predicted molar refractivity (Wildman–Crippen MR) is 27.6 cm³/mol. The summed E-state index contributed by atoms with van der Waals surface area (Å²) in [7, 11) is -4.92. The number of hydrogen-bond acceptors (Lipinski definition) is 5. The van der Waals surface area contributed by atoms with Crippen molar-refractivity contribution in [1.29, 1.82) is 0 Å². The molecule has 0 bridgehead atoms. The molecule has 8 nitrogen and oxygen atoms in total. The molecule has 0 rings (SSSR count). The first-order valence-electron chi connectivity index (χ1n) is 1.79. The van der Waals surface area contributed by atoms with E-state index in [4.69, 9.17) is 37.3 Å². The number of hydrogen-bond donors (Lipinski definition) is 3. The second kappa shape index (κ2) is 10.4. The van der Waals surface area contributed by atoms with E-state index in [-0.39, 0.29) is 46.6 Å². The van der Waals surface area contributed by atoms with Crippen LogP contribution in [0.2, 0.25) is 0 Å². The molecule has 0 fully saturated rings. The van der Waals surface area contributed by atoms with Crippen LogP contribution >= 0.6 is 0 Å². The van der Waals surface area contributed by atoms with Crippen molar-refractivity contribution in [2.24, 2.45) is 0 Å². The molecule has 0 radical (unpaired) electrons. The van der Waals surface area contributed by atoms with Crippen molar-refractivity contribution in [2.45, 2.75) is 0 Å². The van der Waals surface area contributed by atoms with Crippen molar-refractivity contribution >= 4 is 22.3 Å². The third kappa shape index (κ3) is 70.2. The van der Waals surface area contributed by atoms with Crippen molar-refractivity contribution in [2.75, 3.05) is 0 Å². The van der Waals surface area contributed by atoms with E-state index in [0.29, 0.717) is 0 Å². The molecule has 0 saturated heterocycles. The minimum atomic E-state index is -4.92. The Morgan fingerprint density at radius 2 is 1.15 bits per heavy atom. The van der Waals surface area contributed by atoms with Crippen LogP contribution in [0.4, 0.5) is 0 Å². The van der Waals surface area contributed by atoms with Crippen LogP contribution in [0.25, 0.3) is 0 Å². The number of aliphatic carboxylic acids is 2. The van der Waals surface area contributed by atoms with E-state index in [1.54, 1.807) is 0 Å². The van der Waals surface area contributed by atoms with E-state index in [0.717, 1.165) is 0 Å².